The maximum Gasteiger partial charge on any atom is 0.103 e. The Balaban J connectivity index is 2.03. The van der Waals surface area contributed by atoms with Crippen LogP contribution in [-0.2, 0) is 0 Å². The molecule has 0 spiro atoms. The van der Waals surface area contributed by atoms with Gasteiger partial charge in [-0.3, -0.25) is 4.98 Å². The Hall–Kier alpha value is -3.83. The fraction of sp³-hybridized carbons (Fsp3) is 0.0952. The quantitative estimate of drug-likeness (QED) is 0.767. The number of anilines is 3. The van der Waals surface area contributed by atoms with Crippen LogP contribution in [0.2, 0.25) is 0 Å². The topological polar surface area (TPSA) is 75.7 Å². The van der Waals surface area contributed by atoms with Gasteiger partial charge in [0.15, 0.2) is 0 Å². The van der Waals surface area contributed by atoms with Crippen LogP contribution in [0.15, 0.2) is 60.9 Å². The van der Waals surface area contributed by atoms with Gasteiger partial charge < -0.3 is 10.2 Å². The minimum atomic E-state index is 0.462. The molecule has 5 nitrogen and oxygen atoms in total. The minimum absolute atomic E-state index is 0.462. The summed E-state index contributed by atoms with van der Waals surface area (Å²) < 4.78 is 0. The number of nitriles is 2. The maximum absolute atomic E-state index is 9.49. The first-order valence-corrected chi connectivity index (χ1v) is 8.05. The highest BCUT2D eigenvalue weighted by Gasteiger charge is 2.12. The first-order valence-electron chi connectivity index (χ1n) is 8.05. The average Bonchev–Trinajstić information content (AvgIpc) is 2.69. The van der Waals surface area contributed by atoms with Crippen molar-refractivity contribution in [3.8, 4) is 23.3 Å². The summed E-state index contributed by atoms with van der Waals surface area (Å²) in [5, 5.41) is 21.7. The normalized spacial score (nSPS) is 9.85. The van der Waals surface area contributed by atoms with Crippen LogP contribution in [0, 0.1) is 22.7 Å². The van der Waals surface area contributed by atoms with Crippen LogP contribution in [0.25, 0.3) is 11.1 Å². The maximum atomic E-state index is 9.49. The van der Waals surface area contributed by atoms with Crippen molar-refractivity contribution >= 4 is 17.1 Å². The van der Waals surface area contributed by atoms with Gasteiger partial charge in [-0.05, 0) is 42.0 Å². The molecule has 0 unspecified atom stereocenters. The van der Waals surface area contributed by atoms with Gasteiger partial charge in [0, 0.05) is 43.4 Å². The summed E-state index contributed by atoms with van der Waals surface area (Å²) >= 11 is 0. The molecule has 1 aromatic heterocycles. The summed E-state index contributed by atoms with van der Waals surface area (Å²) in [6.45, 7) is 0. The molecule has 0 fully saturated rings. The predicted octanol–water partition coefficient (Wildman–Crippen LogP) is 4.30. The van der Waals surface area contributed by atoms with Gasteiger partial charge in [0.05, 0.1) is 22.9 Å². The van der Waals surface area contributed by atoms with Gasteiger partial charge in [0.2, 0.25) is 0 Å². The first-order chi connectivity index (χ1) is 12.6. The van der Waals surface area contributed by atoms with Crippen LogP contribution >= 0.6 is 0 Å². The molecule has 0 radical (unpaired) electrons. The summed E-state index contributed by atoms with van der Waals surface area (Å²) in [5.41, 5.74) is 5.46. The van der Waals surface area contributed by atoms with Crippen LogP contribution in [0.1, 0.15) is 11.1 Å². The molecule has 0 aliphatic rings. The SMILES string of the molecule is CN(C)c1ccc(-c2cncc(C#N)c2Nc2ccc(C#N)cc2)cc1. The van der Waals surface area contributed by atoms with Crippen LogP contribution < -0.4 is 10.2 Å². The van der Waals surface area contributed by atoms with Gasteiger partial charge >= 0.3 is 0 Å². The molecule has 126 valence electrons. The fourth-order valence-electron chi connectivity index (χ4n) is 2.61. The molecular formula is C21H17N5. The molecule has 2 aromatic carbocycles. The number of benzene rings is 2. The Labute approximate surface area is 152 Å². The molecule has 5 heteroatoms. The number of hydrogen-bond donors (Lipinski definition) is 1. The number of aromatic nitrogens is 1. The van der Waals surface area contributed by atoms with Crippen molar-refractivity contribution in [3.05, 3.63) is 72.1 Å². The number of hydrogen-bond acceptors (Lipinski definition) is 5. The highest BCUT2D eigenvalue weighted by Crippen LogP contribution is 2.33. The minimum Gasteiger partial charge on any atom is -0.378 e. The molecule has 0 aliphatic carbocycles. The summed E-state index contributed by atoms with van der Waals surface area (Å²) in [6.07, 6.45) is 3.29. The third-order valence-corrected chi connectivity index (χ3v) is 4.04. The number of nitrogens with zero attached hydrogens (tertiary/aromatic N) is 4. The van der Waals surface area contributed by atoms with Gasteiger partial charge in [-0.1, -0.05) is 12.1 Å². The summed E-state index contributed by atoms with van der Waals surface area (Å²) in [5.74, 6) is 0. The largest absolute Gasteiger partial charge is 0.378 e. The van der Waals surface area contributed by atoms with Gasteiger partial charge in [-0.25, -0.2) is 0 Å². The predicted molar refractivity (Wildman–Crippen MR) is 103 cm³/mol. The van der Waals surface area contributed by atoms with Crippen LogP contribution in [-0.4, -0.2) is 19.1 Å². The molecular weight excluding hydrogens is 322 g/mol. The Bertz CT molecular complexity index is 991. The zero-order chi connectivity index (χ0) is 18.5. The molecule has 1 heterocycles. The van der Waals surface area contributed by atoms with Gasteiger partial charge in [-0.15, -0.1) is 0 Å². The second-order valence-corrected chi connectivity index (χ2v) is 5.98. The lowest BCUT2D eigenvalue weighted by Crippen LogP contribution is -2.08. The molecule has 0 saturated carbocycles. The lowest BCUT2D eigenvalue weighted by molar-refractivity contribution is 1.13. The molecule has 0 amide bonds. The van der Waals surface area contributed by atoms with E-state index in [2.05, 4.69) is 22.4 Å². The van der Waals surface area contributed by atoms with E-state index in [-0.39, 0.29) is 0 Å². The van der Waals surface area contributed by atoms with Crippen LogP contribution in [0.4, 0.5) is 17.1 Å². The van der Waals surface area contributed by atoms with Crippen molar-refractivity contribution in [2.75, 3.05) is 24.3 Å². The average molecular weight is 339 g/mol. The Morgan fingerprint density at radius 3 is 2.15 bits per heavy atom. The summed E-state index contributed by atoms with van der Waals surface area (Å²) in [7, 11) is 3.98. The molecule has 0 atom stereocenters. The highest BCUT2D eigenvalue weighted by atomic mass is 15.1. The number of nitrogens with one attached hydrogen (secondary N) is 1. The molecule has 1 N–H and O–H groups in total. The first kappa shape index (κ1) is 17.0. The van der Waals surface area contributed by atoms with E-state index in [0.29, 0.717) is 16.8 Å². The Morgan fingerprint density at radius 1 is 0.885 bits per heavy atom. The van der Waals surface area contributed by atoms with Crippen molar-refractivity contribution in [2.45, 2.75) is 0 Å². The second-order valence-electron chi connectivity index (χ2n) is 5.98. The van der Waals surface area contributed by atoms with E-state index in [4.69, 9.17) is 5.26 Å². The molecule has 3 rings (SSSR count). The summed E-state index contributed by atoms with van der Waals surface area (Å²) in [4.78, 5) is 6.23. The van der Waals surface area contributed by atoms with Crippen LogP contribution in [0.3, 0.4) is 0 Å². The van der Waals surface area contributed by atoms with E-state index in [9.17, 15) is 5.26 Å². The van der Waals surface area contributed by atoms with E-state index < -0.39 is 0 Å². The smallest absolute Gasteiger partial charge is 0.103 e. The second kappa shape index (κ2) is 7.38. The molecule has 3 aromatic rings. The van der Waals surface area contributed by atoms with E-state index >= 15 is 0 Å². The Morgan fingerprint density at radius 2 is 1.58 bits per heavy atom. The van der Waals surface area contributed by atoms with Crippen molar-refractivity contribution < 1.29 is 0 Å². The van der Waals surface area contributed by atoms with Crippen LogP contribution in [0.5, 0.6) is 0 Å². The van der Waals surface area contributed by atoms with E-state index in [1.165, 1.54) is 0 Å². The molecule has 0 saturated heterocycles. The molecule has 26 heavy (non-hydrogen) atoms. The fourth-order valence-corrected chi connectivity index (χ4v) is 2.61. The van der Waals surface area contributed by atoms with E-state index in [1.807, 2.05) is 55.4 Å². The van der Waals surface area contributed by atoms with E-state index in [0.717, 1.165) is 22.5 Å². The molecule has 0 bridgehead atoms. The Kier molecular flexibility index (Phi) is 4.83. The number of rotatable bonds is 4. The van der Waals surface area contributed by atoms with Gasteiger partial charge in [0.25, 0.3) is 0 Å². The zero-order valence-corrected chi connectivity index (χ0v) is 14.6. The monoisotopic (exact) mass is 339 g/mol. The lowest BCUT2D eigenvalue weighted by atomic mass is 10.0. The van der Waals surface area contributed by atoms with Crippen molar-refractivity contribution in [3.63, 3.8) is 0 Å². The highest BCUT2D eigenvalue weighted by molar-refractivity contribution is 5.84. The van der Waals surface area contributed by atoms with Crippen molar-refractivity contribution in [2.24, 2.45) is 0 Å². The van der Waals surface area contributed by atoms with Gasteiger partial charge in [0.1, 0.15) is 6.07 Å². The third-order valence-electron chi connectivity index (χ3n) is 4.04. The zero-order valence-electron chi connectivity index (χ0n) is 14.6. The standard InChI is InChI=1S/C21H17N5/c1-26(2)19-9-5-16(6-10-19)20-14-24-13-17(12-23)21(20)25-18-7-3-15(11-22)4-8-18/h3-10,13-14H,1-2H3,(H,24,25). The van der Waals surface area contributed by atoms with Gasteiger partial charge in [-0.2, -0.15) is 10.5 Å². The summed E-state index contributed by atoms with van der Waals surface area (Å²) in [6, 6.07) is 19.5. The lowest BCUT2D eigenvalue weighted by Gasteiger charge is -2.16. The van der Waals surface area contributed by atoms with Crippen molar-refractivity contribution in [1.82, 2.24) is 4.98 Å². The third kappa shape index (κ3) is 3.48. The molecule has 0 aliphatic heterocycles. The number of pyridine rings is 1. The van der Waals surface area contributed by atoms with E-state index in [1.54, 1.807) is 24.5 Å². The van der Waals surface area contributed by atoms with Crippen molar-refractivity contribution in [1.29, 1.82) is 10.5 Å².